The number of esters is 2. The standard InChI is InChI=1S/2C24H45N2O6P.2C20H37N2O6P.2CH4/c1-16(2)17-18(20(27)30-22(6,7)8)26(25-19(17)21(3,4)5)15-29-33(28,31-23(9,10)11)32-24(12,13)14;1-16(2)17-18(20(27)30-22(6,7)8)25-26(19(17)21(3,4)5)15-29-33(28,31-23(9,10)11)32-24(12,13)14;1-13(2)14-15(17(23)24)22(21-16(14)18(3,4)5)12-26-29(25,27-19(6,7)8)28-20(9,10)11;1-13(2)14-15(17(23)24)21-22(16(14)18(3,4)5)12-26-29(25,27-19(6,7)8)28-20(9,10)11;;/h2*16H,15H2,1-14H3;2*13H,12H2,1-11H3,(H,23,24);2*1H4. The van der Waals surface area contributed by atoms with Gasteiger partial charge in [-0.1, -0.05) is 153 Å². The van der Waals surface area contributed by atoms with Gasteiger partial charge in [0.05, 0.1) is 67.6 Å². The lowest BCUT2D eigenvalue weighted by Gasteiger charge is -2.31. The van der Waals surface area contributed by atoms with Crippen molar-refractivity contribution < 1.29 is 111 Å². The van der Waals surface area contributed by atoms with E-state index in [1.807, 2.05) is 180 Å². The van der Waals surface area contributed by atoms with Gasteiger partial charge in [0.2, 0.25) is 0 Å². The molecule has 0 saturated carbocycles. The summed E-state index contributed by atoms with van der Waals surface area (Å²) in [6.07, 6.45) is 0. The van der Waals surface area contributed by atoms with Crippen LogP contribution in [0.4, 0.5) is 0 Å². The van der Waals surface area contributed by atoms with Gasteiger partial charge in [0.15, 0.2) is 49.7 Å². The molecule has 4 rings (SSSR count). The van der Waals surface area contributed by atoms with Gasteiger partial charge in [0.25, 0.3) is 0 Å². The zero-order chi connectivity index (χ0) is 98.4. The van der Waals surface area contributed by atoms with Crippen LogP contribution in [0.5, 0.6) is 0 Å². The van der Waals surface area contributed by atoms with E-state index in [1.54, 1.807) is 171 Å². The molecule has 0 aliphatic carbocycles. The summed E-state index contributed by atoms with van der Waals surface area (Å²) >= 11 is 0. The molecule has 0 aromatic carbocycles. The third-order valence-corrected chi connectivity index (χ3v) is 23.0. The minimum absolute atomic E-state index is 0. The molecule has 4 aromatic heterocycles. The molecule has 0 saturated heterocycles. The number of aromatic nitrogens is 8. The first-order valence-electron chi connectivity index (χ1n) is 42.4. The summed E-state index contributed by atoms with van der Waals surface area (Å²) in [5, 5.41) is 37.5. The Balaban J connectivity index is 0. The van der Waals surface area contributed by atoms with E-state index in [2.05, 4.69) is 15.3 Å². The van der Waals surface area contributed by atoms with E-state index in [0.29, 0.717) is 22.5 Å². The number of rotatable bonds is 28. The molecule has 0 amide bonds. The number of nitrogens with zero attached hydrogens (tertiary/aromatic N) is 8. The van der Waals surface area contributed by atoms with Crippen molar-refractivity contribution in [3.05, 3.63) is 67.8 Å². The number of hydrogen-bond acceptors (Lipinski definition) is 26. The van der Waals surface area contributed by atoms with Gasteiger partial charge < -0.3 is 19.7 Å². The van der Waals surface area contributed by atoms with Crippen LogP contribution in [0, 0.1) is 0 Å². The van der Waals surface area contributed by atoms with Gasteiger partial charge in [-0.3, -0.25) is 54.3 Å². The van der Waals surface area contributed by atoms with E-state index in [1.165, 1.54) is 14.0 Å². The van der Waals surface area contributed by atoms with Crippen LogP contribution >= 0.6 is 31.3 Å². The molecule has 0 fully saturated rings. The summed E-state index contributed by atoms with van der Waals surface area (Å²) in [5.74, 6) is -3.38. The molecular formula is C90H172N8O24P4. The molecule has 0 spiro atoms. The molecule has 736 valence electrons. The van der Waals surface area contributed by atoms with E-state index in [-0.39, 0.29) is 104 Å². The number of phosphoric ester groups is 4. The highest BCUT2D eigenvalue weighted by molar-refractivity contribution is 7.49. The first-order valence-corrected chi connectivity index (χ1v) is 48.3. The van der Waals surface area contributed by atoms with Gasteiger partial charge in [-0.05, 0) is 231 Å². The van der Waals surface area contributed by atoms with Crippen molar-refractivity contribution in [1.29, 1.82) is 0 Å². The summed E-state index contributed by atoms with van der Waals surface area (Å²) in [6.45, 7) is 91.6. The van der Waals surface area contributed by atoms with Crippen LogP contribution < -0.4 is 0 Å². The number of carboxylic acids is 2. The van der Waals surface area contributed by atoms with Crippen molar-refractivity contribution >= 4 is 55.2 Å². The molecule has 0 bridgehead atoms. The van der Waals surface area contributed by atoms with Crippen LogP contribution in [0.2, 0.25) is 0 Å². The van der Waals surface area contributed by atoms with Crippen molar-refractivity contribution in [3.8, 4) is 0 Å². The summed E-state index contributed by atoms with van der Waals surface area (Å²) in [6, 6.07) is 0. The lowest BCUT2D eigenvalue weighted by Crippen LogP contribution is -2.28. The molecule has 0 aliphatic rings. The maximum absolute atomic E-state index is 13.5. The fourth-order valence-corrected chi connectivity index (χ4v) is 19.0. The number of carboxylic acid groups (broad SMARTS) is 2. The Morgan fingerprint density at radius 1 is 0.278 bits per heavy atom. The summed E-state index contributed by atoms with van der Waals surface area (Å²) < 4.78 is 139. The van der Waals surface area contributed by atoms with Crippen LogP contribution in [-0.2, 0) is 131 Å². The van der Waals surface area contributed by atoms with Gasteiger partial charge in [0.1, 0.15) is 11.2 Å². The number of carbonyl (C=O) groups is 4. The summed E-state index contributed by atoms with van der Waals surface area (Å²) in [5.41, 5.74) is -2.80. The fourth-order valence-electron chi connectivity index (χ4n) is 12.0. The molecule has 36 heteroatoms. The minimum Gasteiger partial charge on any atom is -0.477 e. The molecular weight excluding hydrogens is 1700 g/mol. The highest BCUT2D eigenvalue weighted by atomic mass is 31.2. The normalized spacial score (nSPS) is 13.8. The molecule has 0 unspecified atom stereocenters. The van der Waals surface area contributed by atoms with E-state index in [0.717, 1.165) is 22.5 Å². The SMILES string of the molecule is C.C.CC(C)c1c(C(=O)O)nn(COP(=O)(OC(C)(C)C)OC(C)(C)C)c1C(C)(C)C.CC(C)c1c(C(=O)OC(C)(C)C)nn(COP(=O)(OC(C)(C)C)OC(C)(C)C)c1C(C)(C)C.CC(C)c1c(C(C)(C)C)nn(COP(=O)(OC(C)(C)C)OC(C)(C)C)c1C(=O)O.CC(C)c1c(C(C)(C)C)nn(COP(=O)(OC(C)(C)C)OC(C)(C)C)c1C(=O)OC(C)(C)C. The topological polar surface area (TPSA) is 378 Å². The molecule has 2 N–H and O–H groups in total. The third kappa shape index (κ3) is 42.8. The molecule has 0 atom stereocenters. The number of ether oxygens (including phenoxy) is 2. The third-order valence-electron chi connectivity index (χ3n) is 15.1. The first kappa shape index (κ1) is 123. The second kappa shape index (κ2) is 43.9. The maximum Gasteiger partial charge on any atom is 0.477 e. The van der Waals surface area contributed by atoms with Crippen LogP contribution in [0.25, 0.3) is 0 Å². The predicted molar refractivity (Wildman–Crippen MR) is 499 cm³/mol. The highest BCUT2D eigenvalue weighted by Gasteiger charge is 2.46. The Hall–Kier alpha value is -4.84. The monoisotopic (exact) mass is 1870 g/mol. The van der Waals surface area contributed by atoms with Crippen molar-refractivity contribution in [2.45, 2.75) is 489 Å². The van der Waals surface area contributed by atoms with E-state index < -0.39 is 117 Å². The van der Waals surface area contributed by atoms with Gasteiger partial charge in [-0.2, -0.15) is 20.4 Å². The zero-order valence-corrected chi connectivity index (χ0v) is 89.0. The van der Waals surface area contributed by atoms with E-state index in [4.69, 9.17) is 68.9 Å². The smallest absolute Gasteiger partial charge is 0.477 e. The predicted octanol–water partition coefficient (Wildman–Crippen LogP) is 26.6. The number of phosphoric acid groups is 4. The number of hydrogen-bond donors (Lipinski definition) is 2. The molecule has 4 aromatic rings. The fraction of sp³-hybridized carbons (Fsp3) is 0.822. The lowest BCUT2D eigenvalue weighted by atomic mass is 9.85. The number of carbonyl (C=O) groups excluding carboxylic acids is 2. The van der Waals surface area contributed by atoms with Crippen LogP contribution in [0.15, 0.2) is 0 Å². The Morgan fingerprint density at radius 2 is 0.484 bits per heavy atom. The van der Waals surface area contributed by atoms with Gasteiger partial charge in [-0.25, -0.2) is 56.2 Å². The maximum atomic E-state index is 13.5. The van der Waals surface area contributed by atoms with E-state index in [9.17, 15) is 47.7 Å². The quantitative estimate of drug-likeness (QED) is 0.0394. The second-order valence-electron chi connectivity index (χ2n) is 46.1. The van der Waals surface area contributed by atoms with Gasteiger partial charge in [0, 0.05) is 43.9 Å². The van der Waals surface area contributed by atoms with Crippen molar-refractivity contribution in [3.63, 3.8) is 0 Å². The first-order chi connectivity index (χ1) is 54.4. The largest absolute Gasteiger partial charge is 0.477 e. The summed E-state index contributed by atoms with van der Waals surface area (Å²) in [7, 11) is -15.9. The second-order valence-corrected chi connectivity index (χ2v) is 52.2. The van der Waals surface area contributed by atoms with Crippen LogP contribution in [0.3, 0.4) is 0 Å². The average Bonchev–Trinajstić information content (AvgIpc) is 1.63. The lowest BCUT2D eigenvalue weighted by molar-refractivity contribution is -0.0116. The average molecular weight is 1870 g/mol. The Kier molecular flexibility index (Phi) is 42.9. The molecule has 126 heavy (non-hydrogen) atoms. The minimum atomic E-state index is -4.00. The highest BCUT2D eigenvalue weighted by Crippen LogP contribution is 2.60. The molecule has 0 aliphatic heterocycles. The van der Waals surface area contributed by atoms with Crippen molar-refractivity contribution in [1.82, 2.24) is 39.1 Å². The van der Waals surface area contributed by atoms with Crippen LogP contribution in [0.1, 0.15) is 472 Å². The number of aromatic carboxylic acids is 2. The Morgan fingerprint density at radius 3 is 0.683 bits per heavy atom. The van der Waals surface area contributed by atoms with Crippen LogP contribution in [-0.4, -0.2) is 129 Å². The Bertz CT molecular complexity index is 4330. The Labute approximate surface area is 759 Å². The molecule has 32 nitrogen and oxygen atoms in total. The molecule has 4 heterocycles. The van der Waals surface area contributed by atoms with Gasteiger partial charge >= 0.3 is 55.2 Å². The summed E-state index contributed by atoms with van der Waals surface area (Å²) in [4.78, 5) is 50.1. The van der Waals surface area contributed by atoms with Crippen molar-refractivity contribution in [2.24, 2.45) is 0 Å². The van der Waals surface area contributed by atoms with Gasteiger partial charge in [-0.15, -0.1) is 0 Å². The zero-order valence-electron chi connectivity index (χ0n) is 85.4. The molecule has 0 radical (unpaired) electrons. The van der Waals surface area contributed by atoms with E-state index >= 15 is 0 Å². The van der Waals surface area contributed by atoms with Crippen molar-refractivity contribution in [2.75, 3.05) is 0 Å².